The predicted molar refractivity (Wildman–Crippen MR) is 106 cm³/mol. The van der Waals surface area contributed by atoms with E-state index >= 15 is 0 Å². The quantitative estimate of drug-likeness (QED) is 0.605. The molecule has 0 saturated carbocycles. The molecular formula is C19H19N5S. The van der Waals surface area contributed by atoms with E-state index in [1.54, 1.807) is 12.4 Å². The number of pyridine rings is 2. The van der Waals surface area contributed by atoms with Crippen molar-refractivity contribution in [2.45, 2.75) is 13.5 Å². The SMILES string of the molecule is Cc1ccccc1Nc1ccc(NC(=S)NCc2cccnc2)cn1. The Balaban J connectivity index is 1.53. The van der Waals surface area contributed by atoms with Gasteiger partial charge in [-0.1, -0.05) is 24.3 Å². The van der Waals surface area contributed by atoms with E-state index in [2.05, 4.69) is 38.9 Å². The number of hydrogen-bond donors (Lipinski definition) is 3. The highest BCUT2D eigenvalue weighted by molar-refractivity contribution is 7.80. The molecule has 0 saturated heterocycles. The summed E-state index contributed by atoms with van der Waals surface area (Å²) in [6.45, 7) is 2.69. The minimum Gasteiger partial charge on any atom is -0.358 e. The first-order chi connectivity index (χ1) is 12.2. The van der Waals surface area contributed by atoms with E-state index in [-0.39, 0.29) is 0 Å². The molecule has 2 aromatic heterocycles. The van der Waals surface area contributed by atoms with E-state index in [4.69, 9.17) is 12.2 Å². The maximum absolute atomic E-state index is 5.30. The molecule has 0 aliphatic rings. The average molecular weight is 349 g/mol. The normalized spacial score (nSPS) is 10.1. The lowest BCUT2D eigenvalue weighted by molar-refractivity contribution is 0.916. The van der Waals surface area contributed by atoms with Crippen molar-refractivity contribution in [3.05, 3.63) is 78.2 Å². The van der Waals surface area contributed by atoms with E-state index in [0.717, 1.165) is 22.8 Å². The fourth-order valence-corrected chi connectivity index (χ4v) is 2.44. The first-order valence-corrected chi connectivity index (χ1v) is 8.34. The van der Waals surface area contributed by atoms with Crippen LogP contribution in [0.4, 0.5) is 17.2 Å². The molecule has 6 heteroatoms. The molecule has 3 N–H and O–H groups in total. The molecule has 3 aromatic rings. The smallest absolute Gasteiger partial charge is 0.171 e. The zero-order valence-corrected chi connectivity index (χ0v) is 14.7. The molecule has 0 radical (unpaired) electrons. The minimum absolute atomic E-state index is 0.547. The van der Waals surface area contributed by atoms with Crippen LogP contribution in [0.3, 0.4) is 0 Å². The van der Waals surface area contributed by atoms with Gasteiger partial charge >= 0.3 is 0 Å². The van der Waals surface area contributed by atoms with Gasteiger partial charge in [0, 0.05) is 24.6 Å². The number of benzene rings is 1. The highest BCUT2D eigenvalue weighted by Gasteiger charge is 2.01. The Morgan fingerprint density at radius 3 is 2.64 bits per heavy atom. The number of nitrogens with zero attached hydrogens (tertiary/aromatic N) is 2. The van der Waals surface area contributed by atoms with Crippen molar-refractivity contribution in [3.63, 3.8) is 0 Å². The summed E-state index contributed by atoms with van der Waals surface area (Å²) in [4.78, 5) is 8.49. The van der Waals surface area contributed by atoms with Gasteiger partial charge in [0.15, 0.2) is 5.11 Å². The fraction of sp³-hybridized carbons (Fsp3) is 0.105. The molecule has 5 nitrogen and oxygen atoms in total. The molecule has 0 fully saturated rings. The van der Waals surface area contributed by atoms with Gasteiger partial charge in [0.1, 0.15) is 5.82 Å². The average Bonchev–Trinajstić information content (AvgIpc) is 2.64. The molecular weight excluding hydrogens is 330 g/mol. The van der Waals surface area contributed by atoms with Crippen LogP contribution in [0.1, 0.15) is 11.1 Å². The Morgan fingerprint density at radius 2 is 1.92 bits per heavy atom. The van der Waals surface area contributed by atoms with Crippen molar-refractivity contribution >= 4 is 34.5 Å². The third-order valence-corrected chi connectivity index (χ3v) is 3.85. The number of aryl methyl sites for hydroxylation is 1. The molecule has 0 unspecified atom stereocenters. The van der Waals surface area contributed by atoms with Gasteiger partial charge in [-0.15, -0.1) is 0 Å². The second kappa shape index (κ2) is 8.21. The van der Waals surface area contributed by atoms with Gasteiger partial charge in [-0.05, 0) is 54.5 Å². The van der Waals surface area contributed by atoms with Crippen molar-refractivity contribution in [2.75, 3.05) is 10.6 Å². The molecule has 3 rings (SSSR count). The highest BCUT2D eigenvalue weighted by Crippen LogP contribution is 2.19. The van der Waals surface area contributed by atoms with Gasteiger partial charge in [-0.3, -0.25) is 4.98 Å². The molecule has 0 atom stereocenters. The zero-order valence-electron chi connectivity index (χ0n) is 13.9. The van der Waals surface area contributed by atoms with Gasteiger partial charge in [0.2, 0.25) is 0 Å². The standard InChI is InChI=1S/C19H19N5S/c1-14-5-2-3-7-17(14)24-18-9-8-16(13-21-18)23-19(25)22-12-15-6-4-10-20-11-15/h2-11,13H,12H2,1H3,(H,21,24)(H2,22,23,25). The van der Waals surface area contributed by atoms with E-state index in [1.807, 2.05) is 48.7 Å². The molecule has 1 aromatic carbocycles. The van der Waals surface area contributed by atoms with Crippen LogP contribution in [0.2, 0.25) is 0 Å². The molecule has 2 heterocycles. The number of rotatable bonds is 5. The summed E-state index contributed by atoms with van der Waals surface area (Å²) in [6.07, 6.45) is 5.31. The number of para-hydroxylation sites is 1. The first kappa shape index (κ1) is 16.9. The summed E-state index contributed by atoms with van der Waals surface area (Å²) in [5, 5.41) is 10.1. The third-order valence-electron chi connectivity index (χ3n) is 3.61. The number of hydrogen-bond acceptors (Lipinski definition) is 4. The maximum atomic E-state index is 5.30. The van der Waals surface area contributed by atoms with E-state index in [1.165, 1.54) is 5.56 Å². The largest absolute Gasteiger partial charge is 0.358 e. The molecule has 0 aliphatic heterocycles. The van der Waals surface area contributed by atoms with Crippen LogP contribution in [-0.2, 0) is 6.54 Å². The van der Waals surface area contributed by atoms with Gasteiger partial charge in [-0.25, -0.2) is 4.98 Å². The Hall–Kier alpha value is -2.99. The number of thiocarbonyl (C=S) groups is 1. The number of anilines is 3. The van der Waals surface area contributed by atoms with Gasteiger partial charge in [0.25, 0.3) is 0 Å². The summed E-state index contributed by atoms with van der Waals surface area (Å²) >= 11 is 5.30. The second-order valence-electron chi connectivity index (χ2n) is 5.54. The molecule has 0 amide bonds. The Kier molecular flexibility index (Phi) is 5.53. The Bertz CT molecular complexity index is 834. The zero-order chi connectivity index (χ0) is 17.5. The fourth-order valence-electron chi connectivity index (χ4n) is 2.25. The summed E-state index contributed by atoms with van der Waals surface area (Å²) in [6, 6.07) is 15.8. The van der Waals surface area contributed by atoms with Crippen molar-refractivity contribution in [1.29, 1.82) is 0 Å². The number of aromatic nitrogens is 2. The maximum Gasteiger partial charge on any atom is 0.171 e. The topological polar surface area (TPSA) is 61.9 Å². The van der Waals surface area contributed by atoms with E-state index < -0.39 is 0 Å². The van der Waals surface area contributed by atoms with Crippen molar-refractivity contribution in [1.82, 2.24) is 15.3 Å². The molecule has 0 bridgehead atoms. The number of nitrogens with one attached hydrogen (secondary N) is 3. The lowest BCUT2D eigenvalue weighted by Gasteiger charge is -2.12. The van der Waals surface area contributed by atoms with Crippen LogP contribution in [0.25, 0.3) is 0 Å². The highest BCUT2D eigenvalue weighted by atomic mass is 32.1. The van der Waals surface area contributed by atoms with E-state index in [9.17, 15) is 0 Å². The Morgan fingerprint density at radius 1 is 1.04 bits per heavy atom. The summed E-state index contributed by atoms with van der Waals surface area (Å²) in [7, 11) is 0. The summed E-state index contributed by atoms with van der Waals surface area (Å²) < 4.78 is 0. The van der Waals surface area contributed by atoms with E-state index in [0.29, 0.717) is 11.7 Å². The third kappa shape index (κ3) is 4.99. The van der Waals surface area contributed by atoms with Crippen LogP contribution < -0.4 is 16.0 Å². The predicted octanol–water partition coefficient (Wildman–Crippen LogP) is 4.02. The van der Waals surface area contributed by atoms with Crippen LogP contribution in [0.5, 0.6) is 0 Å². The van der Waals surface area contributed by atoms with Crippen molar-refractivity contribution in [3.8, 4) is 0 Å². The Labute approximate surface area is 152 Å². The minimum atomic E-state index is 0.547. The first-order valence-electron chi connectivity index (χ1n) is 7.93. The molecule has 25 heavy (non-hydrogen) atoms. The van der Waals surface area contributed by atoms with Gasteiger partial charge < -0.3 is 16.0 Å². The monoisotopic (exact) mass is 349 g/mol. The lowest BCUT2D eigenvalue weighted by Crippen LogP contribution is -2.27. The van der Waals surface area contributed by atoms with Crippen LogP contribution in [-0.4, -0.2) is 15.1 Å². The summed E-state index contributed by atoms with van der Waals surface area (Å²) in [5.41, 5.74) is 4.12. The van der Waals surface area contributed by atoms with Gasteiger partial charge in [-0.2, -0.15) is 0 Å². The molecule has 126 valence electrons. The van der Waals surface area contributed by atoms with Crippen LogP contribution in [0, 0.1) is 6.92 Å². The van der Waals surface area contributed by atoms with Crippen LogP contribution in [0.15, 0.2) is 67.1 Å². The van der Waals surface area contributed by atoms with Gasteiger partial charge in [0.05, 0.1) is 11.9 Å². The summed E-state index contributed by atoms with van der Waals surface area (Å²) in [5.74, 6) is 0.786. The van der Waals surface area contributed by atoms with Crippen molar-refractivity contribution < 1.29 is 0 Å². The van der Waals surface area contributed by atoms with Crippen LogP contribution >= 0.6 is 12.2 Å². The second-order valence-corrected chi connectivity index (χ2v) is 5.95. The molecule has 0 spiro atoms. The van der Waals surface area contributed by atoms with Crippen molar-refractivity contribution in [2.24, 2.45) is 0 Å². The molecule has 0 aliphatic carbocycles. The lowest BCUT2D eigenvalue weighted by atomic mass is 10.2.